The van der Waals surface area contributed by atoms with Gasteiger partial charge in [-0.2, -0.15) is 13.2 Å². The Morgan fingerprint density at radius 3 is 2.42 bits per heavy atom. The van der Waals surface area contributed by atoms with Crippen molar-refractivity contribution in [2.24, 2.45) is 0 Å². The van der Waals surface area contributed by atoms with Crippen LogP contribution in [-0.2, 0) is 12.7 Å². The number of hydrogen-bond donors (Lipinski definition) is 0. The predicted octanol–water partition coefficient (Wildman–Crippen LogP) is 3.58. The van der Waals surface area contributed by atoms with Gasteiger partial charge in [-0.25, -0.2) is 4.98 Å². The van der Waals surface area contributed by atoms with Crippen molar-refractivity contribution in [1.29, 1.82) is 0 Å². The Morgan fingerprint density at radius 1 is 1.03 bits per heavy atom. The number of hydrogen-bond acceptors (Lipinski definition) is 4. The number of amides is 1. The van der Waals surface area contributed by atoms with Crippen molar-refractivity contribution in [2.75, 3.05) is 31.1 Å². The number of benzene rings is 1. The van der Waals surface area contributed by atoms with Crippen molar-refractivity contribution in [3.8, 4) is 0 Å². The molecular weight excluding hydrogens is 433 g/mol. The first-order valence-corrected chi connectivity index (χ1v) is 10.5. The maximum absolute atomic E-state index is 13.0. The molecule has 0 aliphatic carbocycles. The number of carbonyl (C=O) groups is 1. The summed E-state index contributed by atoms with van der Waals surface area (Å²) in [6.07, 6.45) is -1.96. The number of aryl methyl sites for hydroxylation is 1. The van der Waals surface area contributed by atoms with Crippen molar-refractivity contribution in [2.45, 2.75) is 19.6 Å². The Morgan fingerprint density at radius 2 is 1.79 bits per heavy atom. The smallest absolute Gasteiger partial charge is 0.353 e. The summed E-state index contributed by atoms with van der Waals surface area (Å²) < 4.78 is 39.7. The molecule has 33 heavy (non-hydrogen) atoms. The van der Waals surface area contributed by atoms with E-state index in [1.165, 1.54) is 16.7 Å². The number of pyridine rings is 2. The minimum atomic E-state index is -4.43. The van der Waals surface area contributed by atoms with Crippen LogP contribution in [0.2, 0.25) is 0 Å². The zero-order chi connectivity index (χ0) is 23.6. The first-order valence-electron chi connectivity index (χ1n) is 10.5. The molecule has 0 unspecified atom stereocenters. The summed E-state index contributed by atoms with van der Waals surface area (Å²) in [6.45, 7) is 3.85. The Balaban J connectivity index is 1.43. The summed E-state index contributed by atoms with van der Waals surface area (Å²) >= 11 is 0. The molecular formula is C24H23F3N4O2. The van der Waals surface area contributed by atoms with Gasteiger partial charge >= 0.3 is 6.18 Å². The number of aromatic nitrogens is 2. The molecule has 4 rings (SSSR count). The van der Waals surface area contributed by atoms with E-state index in [4.69, 9.17) is 0 Å². The van der Waals surface area contributed by atoms with Gasteiger partial charge in [0.25, 0.3) is 11.5 Å². The number of anilines is 1. The second-order valence-corrected chi connectivity index (χ2v) is 8.03. The van der Waals surface area contributed by atoms with Crippen molar-refractivity contribution < 1.29 is 18.0 Å². The lowest BCUT2D eigenvalue weighted by Crippen LogP contribution is -2.50. The molecule has 2 aromatic heterocycles. The summed E-state index contributed by atoms with van der Waals surface area (Å²) in [5.41, 5.74) is 1.01. The molecule has 1 aromatic carbocycles. The predicted molar refractivity (Wildman–Crippen MR) is 118 cm³/mol. The van der Waals surface area contributed by atoms with Crippen LogP contribution in [0.25, 0.3) is 0 Å². The van der Waals surface area contributed by atoms with E-state index in [1.807, 2.05) is 36.1 Å². The molecule has 3 heterocycles. The van der Waals surface area contributed by atoms with Gasteiger partial charge in [0, 0.05) is 38.6 Å². The minimum absolute atomic E-state index is 0.103. The zero-order valence-electron chi connectivity index (χ0n) is 18.0. The monoisotopic (exact) mass is 456 g/mol. The van der Waals surface area contributed by atoms with Gasteiger partial charge in [0.1, 0.15) is 11.4 Å². The molecule has 9 heteroatoms. The molecule has 6 nitrogen and oxygen atoms in total. The standard InChI is InChI=1S/C24H23F3N4O2/c1-17-4-2-5-18(14-17)16-31-9-3-6-20(23(31)33)22(32)30-12-10-29(11-13-30)21-8-7-19(15-28-21)24(25,26)27/h2-9,14-15H,10-13,16H2,1H3. The first-order chi connectivity index (χ1) is 15.7. The topological polar surface area (TPSA) is 58.4 Å². The molecule has 0 radical (unpaired) electrons. The van der Waals surface area contributed by atoms with E-state index in [9.17, 15) is 22.8 Å². The lowest BCUT2D eigenvalue weighted by molar-refractivity contribution is -0.137. The molecule has 1 aliphatic rings. The lowest BCUT2D eigenvalue weighted by Gasteiger charge is -2.35. The van der Waals surface area contributed by atoms with Crippen molar-refractivity contribution in [3.05, 3.63) is 93.5 Å². The van der Waals surface area contributed by atoms with Gasteiger partial charge in [0.05, 0.1) is 12.1 Å². The highest BCUT2D eigenvalue weighted by Crippen LogP contribution is 2.29. The van der Waals surface area contributed by atoms with Crippen LogP contribution in [0, 0.1) is 6.92 Å². The Bertz CT molecular complexity index is 1200. The van der Waals surface area contributed by atoms with E-state index in [2.05, 4.69) is 4.98 Å². The Hall–Kier alpha value is -3.62. The summed E-state index contributed by atoms with van der Waals surface area (Å²) in [4.78, 5) is 33.3. The molecule has 1 amide bonds. The van der Waals surface area contributed by atoms with Gasteiger partial charge in [-0.05, 0) is 36.8 Å². The largest absolute Gasteiger partial charge is 0.417 e. The van der Waals surface area contributed by atoms with Gasteiger partial charge in [-0.15, -0.1) is 0 Å². The maximum atomic E-state index is 13.0. The molecule has 0 atom stereocenters. The van der Waals surface area contributed by atoms with E-state index in [1.54, 1.807) is 17.2 Å². The average molecular weight is 456 g/mol. The highest BCUT2D eigenvalue weighted by molar-refractivity contribution is 5.94. The van der Waals surface area contributed by atoms with Crippen LogP contribution in [0.5, 0.6) is 0 Å². The molecule has 0 spiro atoms. The van der Waals surface area contributed by atoms with E-state index >= 15 is 0 Å². The molecule has 0 N–H and O–H groups in total. The Labute approximate surface area is 188 Å². The number of nitrogens with zero attached hydrogens (tertiary/aromatic N) is 4. The van der Waals surface area contributed by atoms with Crippen LogP contribution in [0.4, 0.5) is 19.0 Å². The van der Waals surface area contributed by atoms with Crippen LogP contribution in [0.15, 0.2) is 65.7 Å². The van der Waals surface area contributed by atoms with Crippen LogP contribution in [0.1, 0.15) is 27.0 Å². The van der Waals surface area contributed by atoms with E-state index < -0.39 is 11.7 Å². The number of rotatable bonds is 4. The molecule has 3 aromatic rings. The second kappa shape index (κ2) is 9.09. The van der Waals surface area contributed by atoms with Gasteiger partial charge < -0.3 is 14.4 Å². The third kappa shape index (κ3) is 5.08. The summed E-state index contributed by atoms with van der Waals surface area (Å²) in [7, 11) is 0. The zero-order valence-corrected chi connectivity index (χ0v) is 18.0. The average Bonchev–Trinajstić information content (AvgIpc) is 2.80. The quantitative estimate of drug-likeness (QED) is 0.602. The van der Waals surface area contributed by atoms with E-state index in [-0.39, 0.29) is 17.0 Å². The van der Waals surface area contributed by atoms with Crippen molar-refractivity contribution in [1.82, 2.24) is 14.5 Å². The lowest BCUT2D eigenvalue weighted by atomic mass is 10.1. The fraction of sp³-hybridized carbons (Fsp3) is 0.292. The van der Waals surface area contributed by atoms with Crippen molar-refractivity contribution >= 4 is 11.7 Å². The molecule has 0 saturated carbocycles. The van der Waals surface area contributed by atoms with Crippen LogP contribution in [-0.4, -0.2) is 46.5 Å². The van der Waals surface area contributed by atoms with E-state index in [0.717, 1.165) is 23.4 Å². The molecule has 0 bridgehead atoms. The Kier molecular flexibility index (Phi) is 6.22. The number of alkyl halides is 3. The molecule has 1 fully saturated rings. The molecule has 1 aliphatic heterocycles. The minimum Gasteiger partial charge on any atom is -0.353 e. The number of piperazine rings is 1. The molecule has 1 saturated heterocycles. The van der Waals surface area contributed by atoms with Gasteiger partial charge in [0.2, 0.25) is 0 Å². The summed E-state index contributed by atoms with van der Waals surface area (Å²) in [5.74, 6) is 0.0777. The van der Waals surface area contributed by atoms with Crippen molar-refractivity contribution in [3.63, 3.8) is 0 Å². The maximum Gasteiger partial charge on any atom is 0.417 e. The van der Waals surface area contributed by atoms with E-state index in [0.29, 0.717) is 38.5 Å². The number of halogens is 3. The van der Waals surface area contributed by atoms with Gasteiger partial charge in [-0.1, -0.05) is 29.8 Å². The first kappa shape index (κ1) is 22.6. The summed E-state index contributed by atoms with van der Waals surface area (Å²) in [6, 6.07) is 13.4. The summed E-state index contributed by atoms with van der Waals surface area (Å²) in [5, 5.41) is 0. The van der Waals surface area contributed by atoms with Gasteiger partial charge in [0.15, 0.2) is 0 Å². The van der Waals surface area contributed by atoms with Gasteiger partial charge in [-0.3, -0.25) is 9.59 Å². The van der Waals surface area contributed by atoms with Crippen LogP contribution < -0.4 is 10.5 Å². The third-order valence-corrected chi connectivity index (χ3v) is 5.65. The van der Waals surface area contributed by atoms with Crippen LogP contribution >= 0.6 is 0 Å². The second-order valence-electron chi connectivity index (χ2n) is 8.03. The normalized spacial score (nSPS) is 14.4. The highest BCUT2D eigenvalue weighted by Gasteiger charge is 2.31. The SMILES string of the molecule is Cc1cccc(Cn2cccc(C(=O)N3CCN(c4ccc(C(F)(F)F)cn4)CC3)c2=O)c1. The third-order valence-electron chi connectivity index (χ3n) is 5.65. The fourth-order valence-electron chi connectivity index (χ4n) is 3.88. The highest BCUT2D eigenvalue weighted by atomic mass is 19.4. The number of carbonyl (C=O) groups excluding carboxylic acids is 1. The molecule has 172 valence electrons. The fourth-order valence-corrected chi connectivity index (χ4v) is 3.88. The van der Waals surface area contributed by atoms with Crippen LogP contribution in [0.3, 0.4) is 0 Å².